The maximum absolute atomic E-state index is 3.68. The number of hydrogen-bond donors (Lipinski definition) is 1. The average Bonchev–Trinajstić information content (AvgIpc) is 2.85. The maximum Gasteiger partial charge on any atom is 0.0373 e. The number of benzene rings is 1. The smallest absolute Gasteiger partial charge is 0.0373 e. The van der Waals surface area contributed by atoms with Crippen LogP contribution in [0.4, 0.5) is 5.69 Å². The number of anilines is 1. The summed E-state index contributed by atoms with van der Waals surface area (Å²) in [6.45, 7) is 6.08. The van der Waals surface area contributed by atoms with Crippen LogP contribution in [-0.2, 0) is 6.42 Å². The van der Waals surface area contributed by atoms with E-state index in [1.807, 2.05) is 0 Å². The minimum atomic E-state index is 0.720. The van der Waals surface area contributed by atoms with Crippen molar-refractivity contribution >= 4 is 5.69 Å². The van der Waals surface area contributed by atoms with Gasteiger partial charge in [-0.3, -0.25) is 4.90 Å². The summed E-state index contributed by atoms with van der Waals surface area (Å²) in [7, 11) is 0. The molecule has 110 valence electrons. The van der Waals surface area contributed by atoms with Gasteiger partial charge in [0.15, 0.2) is 0 Å². The molecule has 0 aromatic heterocycles. The summed E-state index contributed by atoms with van der Waals surface area (Å²) in [6.07, 6.45) is 8.12. The van der Waals surface area contributed by atoms with E-state index in [0.717, 1.165) is 18.5 Å². The molecular formula is C18H28N2. The molecule has 2 nitrogen and oxygen atoms in total. The first-order chi connectivity index (χ1) is 9.86. The molecule has 0 spiro atoms. The normalized spacial score (nSPS) is 28.1. The van der Waals surface area contributed by atoms with Crippen molar-refractivity contribution in [3.63, 3.8) is 0 Å². The quantitative estimate of drug-likeness (QED) is 0.877. The number of fused-ring (bicyclic) bond motifs is 1. The molecular weight excluding hydrogens is 244 g/mol. The number of para-hydroxylation sites is 1. The Balaban J connectivity index is 1.62. The first-order valence-corrected chi connectivity index (χ1v) is 8.42. The number of rotatable bonds is 2. The van der Waals surface area contributed by atoms with Crippen molar-refractivity contribution in [2.75, 3.05) is 25.0 Å². The minimum Gasteiger partial charge on any atom is -0.383 e. The molecule has 1 N–H and O–H groups in total. The largest absolute Gasteiger partial charge is 0.383 e. The third kappa shape index (κ3) is 3.17. The number of hydrogen-bond acceptors (Lipinski definition) is 2. The van der Waals surface area contributed by atoms with Crippen molar-refractivity contribution in [2.45, 2.75) is 51.5 Å². The van der Waals surface area contributed by atoms with Crippen LogP contribution in [0.5, 0.6) is 0 Å². The Hall–Kier alpha value is -1.02. The lowest BCUT2D eigenvalue weighted by Crippen LogP contribution is -2.40. The van der Waals surface area contributed by atoms with E-state index >= 15 is 0 Å². The Kier molecular flexibility index (Phi) is 4.62. The molecule has 2 heteroatoms. The second kappa shape index (κ2) is 6.62. The third-order valence-corrected chi connectivity index (χ3v) is 5.27. The average molecular weight is 272 g/mol. The molecule has 1 fully saturated rings. The molecule has 0 bridgehead atoms. The van der Waals surface area contributed by atoms with Crippen LogP contribution in [0.15, 0.2) is 24.3 Å². The minimum absolute atomic E-state index is 0.720. The van der Waals surface area contributed by atoms with Gasteiger partial charge >= 0.3 is 0 Å². The Morgan fingerprint density at radius 2 is 2.05 bits per heavy atom. The van der Waals surface area contributed by atoms with Gasteiger partial charge in [-0.25, -0.2) is 0 Å². The van der Waals surface area contributed by atoms with Gasteiger partial charge in [-0.05, 0) is 62.7 Å². The summed E-state index contributed by atoms with van der Waals surface area (Å²) in [5.41, 5.74) is 2.85. The fourth-order valence-corrected chi connectivity index (χ4v) is 3.84. The summed E-state index contributed by atoms with van der Waals surface area (Å²) >= 11 is 0. The van der Waals surface area contributed by atoms with Gasteiger partial charge in [-0.15, -0.1) is 0 Å². The van der Waals surface area contributed by atoms with Crippen molar-refractivity contribution in [1.82, 2.24) is 4.90 Å². The van der Waals surface area contributed by atoms with Gasteiger partial charge in [0.05, 0.1) is 0 Å². The molecule has 0 saturated carbocycles. The fraction of sp³-hybridized carbons (Fsp3) is 0.667. The van der Waals surface area contributed by atoms with Crippen molar-refractivity contribution in [2.24, 2.45) is 5.92 Å². The van der Waals surface area contributed by atoms with Crippen molar-refractivity contribution < 1.29 is 0 Å². The van der Waals surface area contributed by atoms with E-state index in [1.165, 1.54) is 62.9 Å². The van der Waals surface area contributed by atoms with Crippen LogP contribution in [0.2, 0.25) is 0 Å². The Morgan fingerprint density at radius 1 is 1.15 bits per heavy atom. The predicted octanol–water partition coefficient (Wildman–Crippen LogP) is 3.93. The summed E-state index contributed by atoms with van der Waals surface area (Å²) in [5.74, 6) is 0.968. The van der Waals surface area contributed by atoms with Crippen LogP contribution >= 0.6 is 0 Å². The van der Waals surface area contributed by atoms with Crippen LogP contribution in [0.3, 0.4) is 0 Å². The molecule has 20 heavy (non-hydrogen) atoms. The number of likely N-dealkylation sites (tertiary alicyclic amines) is 1. The molecule has 0 amide bonds. The zero-order valence-electron chi connectivity index (χ0n) is 12.8. The first kappa shape index (κ1) is 13.9. The van der Waals surface area contributed by atoms with Crippen LogP contribution in [-0.4, -0.2) is 30.6 Å². The highest BCUT2D eigenvalue weighted by Crippen LogP contribution is 2.26. The van der Waals surface area contributed by atoms with Gasteiger partial charge in [-0.1, -0.05) is 31.5 Å². The molecule has 1 aromatic rings. The van der Waals surface area contributed by atoms with Crippen molar-refractivity contribution in [3.8, 4) is 0 Å². The van der Waals surface area contributed by atoms with Crippen LogP contribution in [0.25, 0.3) is 0 Å². The molecule has 2 aliphatic rings. The molecule has 2 unspecified atom stereocenters. The zero-order valence-corrected chi connectivity index (χ0v) is 12.8. The molecule has 1 aromatic carbocycles. The molecule has 2 heterocycles. The van der Waals surface area contributed by atoms with Gasteiger partial charge < -0.3 is 5.32 Å². The highest BCUT2D eigenvalue weighted by molar-refractivity contribution is 5.52. The van der Waals surface area contributed by atoms with E-state index in [1.54, 1.807) is 0 Å². The van der Waals surface area contributed by atoms with Gasteiger partial charge in [0.25, 0.3) is 0 Å². The van der Waals surface area contributed by atoms with Crippen LogP contribution in [0.1, 0.15) is 44.6 Å². The van der Waals surface area contributed by atoms with E-state index in [4.69, 9.17) is 0 Å². The molecule has 2 aliphatic heterocycles. The van der Waals surface area contributed by atoms with Gasteiger partial charge in [0, 0.05) is 18.3 Å². The van der Waals surface area contributed by atoms with Crippen molar-refractivity contribution in [3.05, 3.63) is 29.8 Å². The highest BCUT2D eigenvalue weighted by atomic mass is 15.2. The Labute approximate surface area is 123 Å². The Bertz CT molecular complexity index is 402. The highest BCUT2D eigenvalue weighted by Gasteiger charge is 2.24. The van der Waals surface area contributed by atoms with Gasteiger partial charge in [-0.2, -0.15) is 0 Å². The summed E-state index contributed by atoms with van der Waals surface area (Å²) in [4.78, 5) is 2.76. The third-order valence-electron chi connectivity index (χ3n) is 5.27. The monoisotopic (exact) mass is 272 g/mol. The topological polar surface area (TPSA) is 15.3 Å². The maximum atomic E-state index is 3.68. The van der Waals surface area contributed by atoms with Crippen molar-refractivity contribution in [1.29, 1.82) is 0 Å². The van der Waals surface area contributed by atoms with Crippen LogP contribution < -0.4 is 5.32 Å². The summed E-state index contributed by atoms with van der Waals surface area (Å²) < 4.78 is 0. The first-order valence-electron chi connectivity index (χ1n) is 8.42. The number of aryl methyl sites for hydroxylation is 1. The lowest BCUT2D eigenvalue weighted by atomic mass is 9.98. The summed E-state index contributed by atoms with van der Waals surface area (Å²) in [5, 5.41) is 3.68. The fourth-order valence-electron chi connectivity index (χ4n) is 3.84. The molecule has 3 rings (SSSR count). The van der Waals surface area contributed by atoms with Crippen LogP contribution in [0, 0.1) is 5.92 Å². The standard InChI is InChI=1S/C18H28N2/c1-2-15-6-5-12-20(13-11-15)17-10-9-16-7-3-4-8-18(16)19-14-17/h3-4,7-8,15,17,19H,2,5-6,9-14H2,1H3. The SMILES string of the molecule is CCC1CCCN(C2CCc3ccccc3NC2)CC1. The lowest BCUT2D eigenvalue weighted by molar-refractivity contribution is 0.200. The summed E-state index contributed by atoms with van der Waals surface area (Å²) in [6, 6.07) is 9.54. The molecule has 2 atom stereocenters. The predicted molar refractivity (Wildman–Crippen MR) is 86.2 cm³/mol. The molecule has 0 radical (unpaired) electrons. The number of nitrogens with zero attached hydrogens (tertiary/aromatic N) is 1. The Morgan fingerprint density at radius 3 is 2.95 bits per heavy atom. The molecule has 0 aliphatic carbocycles. The van der Waals surface area contributed by atoms with E-state index < -0.39 is 0 Å². The van der Waals surface area contributed by atoms with Gasteiger partial charge in [0.1, 0.15) is 0 Å². The van der Waals surface area contributed by atoms with E-state index in [-0.39, 0.29) is 0 Å². The van der Waals surface area contributed by atoms with Gasteiger partial charge in [0.2, 0.25) is 0 Å². The van der Waals surface area contributed by atoms with E-state index in [2.05, 4.69) is 41.4 Å². The lowest BCUT2D eigenvalue weighted by Gasteiger charge is -2.30. The second-order valence-corrected chi connectivity index (χ2v) is 6.47. The second-order valence-electron chi connectivity index (χ2n) is 6.47. The number of nitrogens with one attached hydrogen (secondary N) is 1. The van der Waals surface area contributed by atoms with E-state index in [9.17, 15) is 0 Å². The molecule has 1 saturated heterocycles. The van der Waals surface area contributed by atoms with E-state index in [0.29, 0.717) is 0 Å². The zero-order chi connectivity index (χ0) is 13.8.